The molecule has 1 saturated carbocycles. The molecule has 0 atom stereocenters. The summed E-state index contributed by atoms with van der Waals surface area (Å²) >= 11 is 2.56. The molecule has 0 radical (unpaired) electrons. The Morgan fingerprint density at radius 2 is 1.93 bits per heavy atom. The molecule has 1 saturated heterocycles. The maximum Gasteiger partial charge on any atom is 0.265 e. The fourth-order valence-corrected chi connectivity index (χ4v) is 7.25. The van der Waals surface area contributed by atoms with Crippen LogP contribution in [-0.4, -0.2) is 43.3 Å². The lowest BCUT2D eigenvalue weighted by atomic mass is 10.3. The van der Waals surface area contributed by atoms with Crippen molar-refractivity contribution in [2.24, 2.45) is 0 Å². The third kappa shape index (κ3) is 3.96. The standard InChI is InChI=1S/C18H23N3O3S3/c1-12-16(18(22)21-8-4-5-9-21)26-17(19-12)13-10-15(25-11-13)27(23,24)20-14-6-2-3-7-14/h10-11,14,20H,2-9H2,1H3. The third-order valence-corrected chi connectivity index (χ3v) is 9.30. The number of rotatable bonds is 5. The van der Waals surface area contributed by atoms with Crippen LogP contribution in [0.3, 0.4) is 0 Å². The lowest BCUT2D eigenvalue weighted by Crippen LogP contribution is -2.32. The molecule has 0 aromatic carbocycles. The molecule has 1 amide bonds. The van der Waals surface area contributed by atoms with Crippen LogP contribution in [0.4, 0.5) is 0 Å². The molecule has 2 aromatic rings. The van der Waals surface area contributed by atoms with E-state index < -0.39 is 10.0 Å². The SMILES string of the molecule is Cc1nc(-c2csc(S(=O)(=O)NC3CCCC3)c2)sc1C(=O)N1CCCC1. The Balaban J connectivity index is 1.54. The minimum absolute atomic E-state index is 0.0414. The fourth-order valence-electron chi connectivity index (χ4n) is 3.67. The summed E-state index contributed by atoms with van der Waals surface area (Å²) in [5.41, 5.74) is 1.48. The van der Waals surface area contributed by atoms with E-state index in [4.69, 9.17) is 0 Å². The second-order valence-electron chi connectivity index (χ2n) is 7.19. The van der Waals surface area contributed by atoms with Gasteiger partial charge in [-0.15, -0.1) is 22.7 Å². The Bertz CT molecular complexity index is 936. The van der Waals surface area contributed by atoms with Crippen LogP contribution in [0.1, 0.15) is 53.9 Å². The number of nitrogens with zero attached hydrogens (tertiary/aromatic N) is 2. The second-order valence-corrected chi connectivity index (χ2v) is 11.0. The molecule has 0 bridgehead atoms. The monoisotopic (exact) mass is 425 g/mol. The van der Waals surface area contributed by atoms with Crippen LogP contribution in [0.5, 0.6) is 0 Å². The number of sulfonamides is 1. The van der Waals surface area contributed by atoms with E-state index in [-0.39, 0.29) is 11.9 Å². The molecule has 0 unspecified atom stereocenters. The Hall–Kier alpha value is -1.29. The number of thiazole rings is 1. The summed E-state index contributed by atoms with van der Waals surface area (Å²) in [6.45, 7) is 3.45. The number of likely N-dealkylation sites (tertiary alicyclic amines) is 1. The number of amides is 1. The first-order valence-corrected chi connectivity index (χ1v) is 12.5. The molecule has 4 rings (SSSR count). The third-order valence-electron chi connectivity index (χ3n) is 5.15. The maximum absolute atomic E-state index is 12.7. The summed E-state index contributed by atoms with van der Waals surface area (Å²) < 4.78 is 28.3. The molecule has 1 aliphatic carbocycles. The molecule has 2 aromatic heterocycles. The van der Waals surface area contributed by atoms with E-state index in [1.54, 1.807) is 6.07 Å². The first-order valence-electron chi connectivity index (χ1n) is 9.32. The summed E-state index contributed by atoms with van der Waals surface area (Å²) in [6, 6.07) is 1.72. The molecule has 146 valence electrons. The van der Waals surface area contributed by atoms with Crippen LogP contribution in [-0.2, 0) is 10.0 Å². The van der Waals surface area contributed by atoms with Gasteiger partial charge < -0.3 is 4.90 Å². The zero-order valence-corrected chi connectivity index (χ0v) is 17.7. The Kier molecular flexibility index (Phi) is 5.37. The number of hydrogen-bond donors (Lipinski definition) is 1. The molecule has 1 aliphatic heterocycles. The first-order chi connectivity index (χ1) is 12.9. The summed E-state index contributed by atoms with van der Waals surface area (Å²) in [6.07, 6.45) is 6.08. The van der Waals surface area contributed by atoms with Gasteiger partial charge in [-0.3, -0.25) is 4.79 Å². The lowest BCUT2D eigenvalue weighted by molar-refractivity contribution is 0.0796. The number of carbonyl (C=O) groups is 1. The van der Waals surface area contributed by atoms with E-state index in [1.807, 2.05) is 17.2 Å². The summed E-state index contributed by atoms with van der Waals surface area (Å²) in [5, 5.41) is 2.51. The molecule has 27 heavy (non-hydrogen) atoms. The number of aryl methyl sites for hydroxylation is 1. The van der Waals surface area contributed by atoms with Gasteiger partial charge in [0.15, 0.2) is 0 Å². The van der Waals surface area contributed by atoms with Gasteiger partial charge in [-0.25, -0.2) is 18.1 Å². The van der Waals surface area contributed by atoms with Gasteiger partial charge in [0, 0.05) is 30.1 Å². The van der Waals surface area contributed by atoms with E-state index in [0.717, 1.165) is 57.2 Å². The van der Waals surface area contributed by atoms with Crippen molar-refractivity contribution in [2.45, 2.75) is 55.7 Å². The van der Waals surface area contributed by atoms with Gasteiger partial charge in [-0.2, -0.15) is 0 Å². The molecule has 1 N–H and O–H groups in total. The Labute approximate surface area is 167 Å². The van der Waals surface area contributed by atoms with Crippen molar-refractivity contribution >= 4 is 38.6 Å². The van der Waals surface area contributed by atoms with Crippen molar-refractivity contribution < 1.29 is 13.2 Å². The van der Waals surface area contributed by atoms with Gasteiger partial charge in [-0.1, -0.05) is 12.8 Å². The van der Waals surface area contributed by atoms with Crippen molar-refractivity contribution in [3.8, 4) is 10.6 Å². The number of thiophene rings is 1. The van der Waals surface area contributed by atoms with Crippen LogP contribution in [0.15, 0.2) is 15.7 Å². The summed E-state index contributed by atoms with van der Waals surface area (Å²) in [4.78, 5) is 19.7. The molecule has 3 heterocycles. The van der Waals surface area contributed by atoms with E-state index in [1.165, 1.54) is 22.7 Å². The van der Waals surface area contributed by atoms with Gasteiger partial charge >= 0.3 is 0 Å². The zero-order valence-electron chi connectivity index (χ0n) is 15.2. The minimum atomic E-state index is -3.49. The predicted octanol–water partition coefficient (Wildman–Crippen LogP) is 3.64. The largest absolute Gasteiger partial charge is 0.338 e. The Morgan fingerprint density at radius 3 is 2.63 bits per heavy atom. The van der Waals surface area contributed by atoms with Gasteiger partial charge in [0.1, 0.15) is 14.1 Å². The lowest BCUT2D eigenvalue weighted by Gasteiger charge is -2.13. The molecule has 0 spiro atoms. The van der Waals surface area contributed by atoms with Gasteiger partial charge in [0.25, 0.3) is 5.91 Å². The van der Waals surface area contributed by atoms with Crippen LogP contribution < -0.4 is 4.72 Å². The fraction of sp³-hybridized carbons (Fsp3) is 0.556. The van der Waals surface area contributed by atoms with Gasteiger partial charge in [0.2, 0.25) is 10.0 Å². The van der Waals surface area contributed by atoms with Crippen molar-refractivity contribution in [1.29, 1.82) is 0 Å². The van der Waals surface area contributed by atoms with E-state index in [0.29, 0.717) is 19.8 Å². The van der Waals surface area contributed by atoms with Crippen molar-refractivity contribution in [3.05, 3.63) is 22.0 Å². The molecule has 2 aliphatic rings. The topological polar surface area (TPSA) is 79.4 Å². The van der Waals surface area contributed by atoms with Crippen LogP contribution >= 0.6 is 22.7 Å². The molecule has 2 fully saturated rings. The average Bonchev–Trinajstić information content (AvgIpc) is 3.40. The molecule has 6 nitrogen and oxygen atoms in total. The smallest absolute Gasteiger partial charge is 0.265 e. The van der Waals surface area contributed by atoms with Crippen molar-refractivity contribution in [3.63, 3.8) is 0 Å². The van der Waals surface area contributed by atoms with E-state index in [9.17, 15) is 13.2 Å². The number of nitrogens with one attached hydrogen (secondary N) is 1. The van der Waals surface area contributed by atoms with Crippen molar-refractivity contribution in [2.75, 3.05) is 13.1 Å². The highest BCUT2D eigenvalue weighted by atomic mass is 32.2. The Morgan fingerprint density at radius 1 is 1.22 bits per heavy atom. The van der Waals surface area contributed by atoms with Gasteiger partial charge in [-0.05, 0) is 38.7 Å². The van der Waals surface area contributed by atoms with Crippen LogP contribution in [0.25, 0.3) is 10.6 Å². The van der Waals surface area contributed by atoms with Gasteiger partial charge in [0.05, 0.1) is 5.69 Å². The van der Waals surface area contributed by atoms with Crippen LogP contribution in [0, 0.1) is 6.92 Å². The molecular weight excluding hydrogens is 402 g/mol. The summed E-state index contributed by atoms with van der Waals surface area (Å²) in [5.74, 6) is 0.0414. The highest BCUT2D eigenvalue weighted by molar-refractivity contribution is 7.91. The van der Waals surface area contributed by atoms with E-state index >= 15 is 0 Å². The summed E-state index contributed by atoms with van der Waals surface area (Å²) in [7, 11) is -3.49. The molecular formula is C18H23N3O3S3. The molecule has 9 heteroatoms. The highest BCUT2D eigenvalue weighted by Crippen LogP contribution is 2.34. The maximum atomic E-state index is 12.7. The normalized spacial score (nSPS) is 18.5. The minimum Gasteiger partial charge on any atom is -0.338 e. The number of aromatic nitrogens is 1. The first kappa shape index (κ1) is 19.0. The predicted molar refractivity (Wildman–Crippen MR) is 108 cm³/mol. The van der Waals surface area contributed by atoms with Crippen molar-refractivity contribution in [1.82, 2.24) is 14.6 Å². The van der Waals surface area contributed by atoms with Crippen LogP contribution in [0.2, 0.25) is 0 Å². The highest BCUT2D eigenvalue weighted by Gasteiger charge is 2.27. The number of carbonyl (C=O) groups excluding carboxylic acids is 1. The average molecular weight is 426 g/mol. The second kappa shape index (κ2) is 7.62. The zero-order chi connectivity index (χ0) is 19.0. The quantitative estimate of drug-likeness (QED) is 0.793. The number of hydrogen-bond acceptors (Lipinski definition) is 6. The van der Waals surface area contributed by atoms with E-state index in [2.05, 4.69) is 9.71 Å².